The molecule has 7 heteroatoms. The average Bonchev–Trinajstić information content (AvgIpc) is 3.06. The standard InChI is InChI=1S/C23H24N2O5/c1-5-15-7-8-18-16(11-15)14(3)21(30-18)20(26)19-13(2)17(12-24)22(27)25(23(19)28)9-6-10-29-4/h7-8,11,28H,5-6,9-10H2,1-4H3. The Kier molecular flexibility index (Phi) is 6.09. The Morgan fingerprint density at radius 3 is 2.67 bits per heavy atom. The Morgan fingerprint density at radius 2 is 2.03 bits per heavy atom. The van der Waals surface area contributed by atoms with Gasteiger partial charge in [0.15, 0.2) is 5.76 Å². The van der Waals surface area contributed by atoms with Gasteiger partial charge in [-0.05, 0) is 49.9 Å². The number of aryl methyl sites for hydroxylation is 2. The van der Waals surface area contributed by atoms with Gasteiger partial charge in [-0.25, -0.2) is 0 Å². The van der Waals surface area contributed by atoms with Gasteiger partial charge in [0, 0.05) is 31.2 Å². The summed E-state index contributed by atoms with van der Waals surface area (Å²) in [6.07, 6.45) is 1.29. The van der Waals surface area contributed by atoms with Crippen LogP contribution < -0.4 is 5.56 Å². The number of carbonyl (C=O) groups excluding carboxylic acids is 1. The molecular formula is C23H24N2O5. The number of rotatable bonds is 7. The molecule has 0 atom stereocenters. The lowest BCUT2D eigenvalue weighted by Gasteiger charge is -2.15. The van der Waals surface area contributed by atoms with Crippen LogP contribution in [0.3, 0.4) is 0 Å². The SMILES string of the molecule is CCc1ccc2oc(C(=O)c3c(C)c(C#N)c(=O)n(CCCOC)c3O)c(C)c2c1. The lowest BCUT2D eigenvalue weighted by atomic mass is 9.98. The number of aromatic nitrogens is 1. The molecule has 7 nitrogen and oxygen atoms in total. The van der Waals surface area contributed by atoms with Crippen LogP contribution in [-0.4, -0.2) is 29.2 Å². The molecule has 156 valence electrons. The zero-order valence-electron chi connectivity index (χ0n) is 17.5. The molecule has 0 radical (unpaired) electrons. The summed E-state index contributed by atoms with van der Waals surface area (Å²) >= 11 is 0. The van der Waals surface area contributed by atoms with E-state index in [1.807, 2.05) is 31.2 Å². The first-order valence-corrected chi connectivity index (χ1v) is 9.77. The molecule has 0 spiro atoms. The second kappa shape index (κ2) is 8.56. The topological polar surface area (TPSA) is 105 Å². The van der Waals surface area contributed by atoms with Crippen LogP contribution in [0, 0.1) is 25.2 Å². The molecule has 0 amide bonds. The highest BCUT2D eigenvalue weighted by Gasteiger charge is 2.28. The van der Waals surface area contributed by atoms with E-state index < -0.39 is 17.2 Å². The summed E-state index contributed by atoms with van der Waals surface area (Å²) in [7, 11) is 1.53. The number of nitriles is 1. The van der Waals surface area contributed by atoms with Crippen LogP contribution >= 0.6 is 0 Å². The first kappa shape index (κ1) is 21.3. The monoisotopic (exact) mass is 408 g/mol. The van der Waals surface area contributed by atoms with Gasteiger partial charge in [0.2, 0.25) is 11.7 Å². The zero-order chi connectivity index (χ0) is 22.0. The van der Waals surface area contributed by atoms with E-state index in [-0.39, 0.29) is 29.0 Å². The molecule has 2 aromatic heterocycles. The van der Waals surface area contributed by atoms with Crippen molar-refractivity contribution in [1.82, 2.24) is 4.57 Å². The molecule has 2 heterocycles. The van der Waals surface area contributed by atoms with Gasteiger partial charge in [0.1, 0.15) is 17.2 Å². The van der Waals surface area contributed by atoms with E-state index in [1.165, 1.54) is 14.0 Å². The number of ether oxygens (including phenoxy) is 1. The number of benzene rings is 1. The van der Waals surface area contributed by atoms with Gasteiger partial charge in [0.25, 0.3) is 5.56 Å². The minimum atomic E-state index is -0.630. The maximum absolute atomic E-state index is 13.4. The number of fused-ring (bicyclic) bond motifs is 1. The van der Waals surface area contributed by atoms with E-state index in [1.54, 1.807) is 6.92 Å². The Hall–Kier alpha value is -3.37. The van der Waals surface area contributed by atoms with Crippen molar-refractivity contribution in [3.63, 3.8) is 0 Å². The summed E-state index contributed by atoms with van der Waals surface area (Å²) in [4.78, 5) is 26.0. The van der Waals surface area contributed by atoms with Crippen molar-refractivity contribution in [1.29, 1.82) is 5.26 Å². The van der Waals surface area contributed by atoms with Gasteiger partial charge in [-0.2, -0.15) is 5.26 Å². The van der Waals surface area contributed by atoms with Gasteiger partial charge >= 0.3 is 0 Å². The summed E-state index contributed by atoms with van der Waals surface area (Å²) in [5.74, 6) is -0.942. The average molecular weight is 408 g/mol. The van der Waals surface area contributed by atoms with E-state index in [0.717, 1.165) is 21.9 Å². The second-order valence-electron chi connectivity index (χ2n) is 7.18. The van der Waals surface area contributed by atoms with Crippen LogP contribution in [0.15, 0.2) is 27.4 Å². The van der Waals surface area contributed by atoms with Gasteiger partial charge in [-0.15, -0.1) is 0 Å². The lowest BCUT2D eigenvalue weighted by Crippen LogP contribution is -2.27. The van der Waals surface area contributed by atoms with E-state index in [0.29, 0.717) is 24.2 Å². The Labute approximate surface area is 174 Å². The number of aromatic hydroxyl groups is 1. The maximum Gasteiger partial charge on any atom is 0.271 e. The fraction of sp³-hybridized carbons (Fsp3) is 0.348. The van der Waals surface area contributed by atoms with E-state index in [9.17, 15) is 20.0 Å². The summed E-state index contributed by atoms with van der Waals surface area (Å²) in [6.45, 7) is 5.80. The molecular weight excluding hydrogens is 384 g/mol. The number of carbonyl (C=O) groups is 1. The highest BCUT2D eigenvalue weighted by atomic mass is 16.5. The van der Waals surface area contributed by atoms with E-state index >= 15 is 0 Å². The largest absolute Gasteiger partial charge is 0.494 e. The molecule has 1 aromatic carbocycles. The third-order valence-electron chi connectivity index (χ3n) is 5.37. The summed E-state index contributed by atoms with van der Waals surface area (Å²) in [6, 6.07) is 7.60. The first-order valence-electron chi connectivity index (χ1n) is 9.77. The Bertz CT molecular complexity index is 1230. The number of ketones is 1. The highest BCUT2D eigenvalue weighted by molar-refractivity contribution is 6.12. The number of pyridine rings is 1. The fourth-order valence-corrected chi connectivity index (χ4v) is 3.62. The summed E-state index contributed by atoms with van der Waals surface area (Å²) in [5.41, 5.74) is 1.58. The van der Waals surface area contributed by atoms with Crippen molar-refractivity contribution in [3.8, 4) is 11.9 Å². The maximum atomic E-state index is 13.4. The lowest BCUT2D eigenvalue weighted by molar-refractivity contribution is 0.100. The molecule has 1 N–H and O–H groups in total. The number of hydrogen-bond donors (Lipinski definition) is 1. The molecule has 0 saturated heterocycles. The van der Waals surface area contributed by atoms with Crippen LogP contribution in [0.5, 0.6) is 5.88 Å². The molecule has 30 heavy (non-hydrogen) atoms. The van der Waals surface area contributed by atoms with Gasteiger partial charge < -0.3 is 14.3 Å². The van der Waals surface area contributed by atoms with Crippen LogP contribution in [0.4, 0.5) is 0 Å². The molecule has 3 aromatic rings. The molecule has 0 aliphatic heterocycles. The van der Waals surface area contributed by atoms with Crippen molar-refractivity contribution >= 4 is 16.8 Å². The minimum Gasteiger partial charge on any atom is -0.494 e. The number of furan rings is 1. The van der Waals surface area contributed by atoms with Crippen LogP contribution in [0.2, 0.25) is 0 Å². The Morgan fingerprint density at radius 1 is 1.30 bits per heavy atom. The third kappa shape index (κ3) is 3.51. The molecule has 0 bridgehead atoms. The quantitative estimate of drug-likeness (QED) is 0.473. The predicted octanol–water partition coefficient (Wildman–Crippen LogP) is 3.62. The van der Waals surface area contributed by atoms with Gasteiger partial charge in [0.05, 0.1) is 5.56 Å². The molecule has 0 fully saturated rings. The molecule has 0 saturated carbocycles. The fourth-order valence-electron chi connectivity index (χ4n) is 3.62. The molecule has 3 rings (SSSR count). The van der Waals surface area contributed by atoms with Crippen molar-refractivity contribution in [2.75, 3.05) is 13.7 Å². The van der Waals surface area contributed by atoms with Crippen molar-refractivity contribution in [2.24, 2.45) is 0 Å². The highest BCUT2D eigenvalue weighted by Crippen LogP contribution is 2.31. The minimum absolute atomic E-state index is 0.0858. The smallest absolute Gasteiger partial charge is 0.271 e. The number of methoxy groups -OCH3 is 1. The number of nitrogens with zero attached hydrogens (tertiary/aromatic N) is 2. The molecule has 0 unspecified atom stereocenters. The number of hydrogen-bond acceptors (Lipinski definition) is 6. The summed E-state index contributed by atoms with van der Waals surface area (Å²) in [5, 5.41) is 21.1. The molecule has 0 aliphatic rings. The van der Waals surface area contributed by atoms with Gasteiger partial charge in [-0.3, -0.25) is 14.2 Å². The normalized spacial score (nSPS) is 11.0. The van der Waals surface area contributed by atoms with Crippen LogP contribution in [0.25, 0.3) is 11.0 Å². The Balaban J connectivity index is 2.20. The summed E-state index contributed by atoms with van der Waals surface area (Å²) < 4.78 is 11.9. The third-order valence-corrected chi connectivity index (χ3v) is 5.37. The van der Waals surface area contributed by atoms with Crippen LogP contribution in [0.1, 0.15) is 51.7 Å². The van der Waals surface area contributed by atoms with E-state index in [2.05, 4.69) is 0 Å². The van der Waals surface area contributed by atoms with Gasteiger partial charge in [-0.1, -0.05) is 13.0 Å². The first-order chi connectivity index (χ1) is 14.3. The van der Waals surface area contributed by atoms with Crippen molar-refractivity contribution < 1.29 is 19.1 Å². The van der Waals surface area contributed by atoms with Crippen molar-refractivity contribution in [2.45, 2.75) is 40.2 Å². The predicted molar refractivity (Wildman–Crippen MR) is 112 cm³/mol. The zero-order valence-corrected chi connectivity index (χ0v) is 17.5. The second-order valence-corrected chi connectivity index (χ2v) is 7.18. The van der Waals surface area contributed by atoms with Crippen LogP contribution in [-0.2, 0) is 17.7 Å². The molecule has 0 aliphatic carbocycles. The van der Waals surface area contributed by atoms with E-state index in [4.69, 9.17) is 9.15 Å². The van der Waals surface area contributed by atoms with Crippen molar-refractivity contribution in [3.05, 3.63) is 62.1 Å².